The summed E-state index contributed by atoms with van der Waals surface area (Å²) in [6.45, 7) is 4.35. The fourth-order valence-corrected chi connectivity index (χ4v) is 2.95. The van der Waals surface area contributed by atoms with Gasteiger partial charge in [-0.15, -0.1) is 0 Å². The molecule has 1 fully saturated rings. The third-order valence-corrected chi connectivity index (χ3v) is 4.29. The monoisotopic (exact) mass is 342 g/mol. The number of aromatic nitrogens is 2. The van der Waals surface area contributed by atoms with E-state index in [1.54, 1.807) is 41.1 Å². The van der Waals surface area contributed by atoms with Gasteiger partial charge in [0.2, 0.25) is 11.8 Å². The van der Waals surface area contributed by atoms with E-state index in [1.165, 1.54) is 0 Å². The number of rotatable bonds is 5. The number of amides is 2. The van der Waals surface area contributed by atoms with Crippen molar-refractivity contribution in [2.75, 3.05) is 23.9 Å². The first-order valence-corrected chi connectivity index (χ1v) is 8.28. The van der Waals surface area contributed by atoms with Gasteiger partial charge in [0.15, 0.2) is 0 Å². The Balaban J connectivity index is 1.69. The van der Waals surface area contributed by atoms with Crippen LogP contribution < -0.4 is 15.0 Å². The van der Waals surface area contributed by atoms with Crippen LogP contribution in [0.15, 0.2) is 36.5 Å². The zero-order valence-corrected chi connectivity index (χ0v) is 14.6. The van der Waals surface area contributed by atoms with Crippen molar-refractivity contribution in [3.63, 3.8) is 0 Å². The Hall–Kier alpha value is -2.83. The number of nitrogens with one attached hydrogen (secondary N) is 1. The maximum absolute atomic E-state index is 12.6. The maximum Gasteiger partial charge on any atom is 0.230 e. The van der Waals surface area contributed by atoms with E-state index in [4.69, 9.17) is 4.74 Å². The zero-order chi connectivity index (χ0) is 18.0. The first-order valence-electron chi connectivity index (χ1n) is 8.28. The van der Waals surface area contributed by atoms with E-state index < -0.39 is 0 Å². The van der Waals surface area contributed by atoms with E-state index in [1.807, 2.05) is 26.0 Å². The summed E-state index contributed by atoms with van der Waals surface area (Å²) in [5.74, 6) is 0.779. The Kier molecular flexibility index (Phi) is 4.74. The molecule has 0 saturated carbocycles. The largest absolute Gasteiger partial charge is 0.497 e. The smallest absolute Gasteiger partial charge is 0.230 e. The number of anilines is 2. The van der Waals surface area contributed by atoms with Gasteiger partial charge in [-0.25, -0.2) is 4.68 Å². The molecule has 1 aromatic carbocycles. The second-order valence-electron chi connectivity index (χ2n) is 6.35. The van der Waals surface area contributed by atoms with Gasteiger partial charge in [0, 0.05) is 30.8 Å². The average Bonchev–Trinajstić information content (AvgIpc) is 3.21. The molecule has 0 aliphatic carbocycles. The van der Waals surface area contributed by atoms with Crippen LogP contribution in [-0.2, 0) is 9.59 Å². The van der Waals surface area contributed by atoms with Gasteiger partial charge in [-0.1, -0.05) is 0 Å². The molecule has 2 heterocycles. The minimum Gasteiger partial charge on any atom is -0.497 e. The third kappa shape index (κ3) is 3.50. The van der Waals surface area contributed by atoms with Crippen molar-refractivity contribution in [1.82, 2.24) is 9.78 Å². The van der Waals surface area contributed by atoms with Gasteiger partial charge in [0.05, 0.1) is 19.2 Å². The Morgan fingerprint density at radius 2 is 2.00 bits per heavy atom. The van der Waals surface area contributed by atoms with Crippen molar-refractivity contribution < 1.29 is 14.3 Å². The van der Waals surface area contributed by atoms with Crippen LogP contribution >= 0.6 is 0 Å². The molecule has 25 heavy (non-hydrogen) atoms. The Morgan fingerprint density at radius 3 is 2.64 bits per heavy atom. The molecule has 0 radical (unpaired) electrons. The van der Waals surface area contributed by atoms with Gasteiger partial charge in [0.1, 0.15) is 11.6 Å². The van der Waals surface area contributed by atoms with Crippen molar-refractivity contribution >= 4 is 23.3 Å². The van der Waals surface area contributed by atoms with Crippen LogP contribution in [0.5, 0.6) is 5.75 Å². The van der Waals surface area contributed by atoms with E-state index in [9.17, 15) is 9.59 Å². The van der Waals surface area contributed by atoms with Crippen LogP contribution in [0.1, 0.15) is 26.3 Å². The normalized spacial score (nSPS) is 17.2. The van der Waals surface area contributed by atoms with Crippen LogP contribution in [0.4, 0.5) is 11.5 Å². The number of carbonyl (C=O) groups excluding carboxylic acids is 2. The highest BCUT2D eigenvalue weighted by Gasteiger charge is 2.35. The molecule has 1 saturated heterocycles. The topological polar surface area (TPSA) is 76.5 Å². The van der Waals surface area contributed by atoms with Crippen molar-refractivity contribution in [2.24, 2.45) is 5.92 Å². The SMILES string of the molecule is COc1ccc(N2CC(C(=O)Nc3ccnn3C(C)C)CC2=O)cc1. The Labute approximate surface area is 146 Å². The Morgan fingerprint density at radius 1 is 1.28 bits per heavy atom. The second kappa shape index (κ2) is 6.96. The lowest BCUT2D eigenvalue weighted by molar-refractivity contribution is -0.122. The van der Waals surface area contributed by atoms with E-state index in [2.05, 4.69) is 10.4 Å². The van der Waals surface area contributed by atoms with E-state index in [-0.39, 0.29) is 30.2 Å². The molecule has 1 N–H and O–H groups in total. The fourth-order valence-electron chi connectivity index (χ4n) is 2.95. The number of ether oxygens (including phenoxy) is 1. The molecule has 7 nitrogen and oxygen atoms in total. The maximum atomic E-state index is 12.6. The summed E-state index contributed by atoms with van der Waals surface area (Å²) in [6.07, 6.45) is 1.85. The first-order chi connectivity index (χ1) is 12.0. The molecule has 2 amide bonds. The second-order valence-corrected chi connectivity index (χ2v) is 6.35. The van der Waals surface area contributed by atoms with Gasteiger partial charge in [0.25, 0.3) is 0 Å². The van der Waals surface area contributed by atoms with E-state index in [0.717, 1.165) is 11.4 Å². The number of hydrogen-bond acceptors (Lipinski definition) is 4. The molecule has 1 aliphatic heterocycles. The molecule has 132 valence electrons. The number of hydrogen-bond donors (Lipinski definition) is 1. The van der Waals surface area contributed by atoms with Crippen molar-refractivity contribution in [1.29, 1.82) is 0 Å². The minimum absolute atomic E-state index is 0.0531. The number of carbonyl (C=O) groups is 2. The van der Waals surface area contributed by atoms with Crippen LogP contribution in [0.2, 0.25) is 0 Å². The highest BCUT2D eigenvalue weighted by Crippen LogP contribution is 2.27. The molecule has 1 unspecified atom stereocenters. The lowest BCUT2D eigenvalue weighted by Crippen LogP contribution is -2.28. The van der Waals surface area contributed by atoms with Gasteiger partial charge >= 0.3 is 0 Å². The predicted octanol–water partition coefficient (Wildman–Crippen LogP) is 2.46. The van der Waals surface area contributed by atoms with Crippen molar-refractivity contribution in [3.05, 3.63) is 36.5 Å². The van der Waals surface area contributed by atoms with Crippen molar-refractivity contribution in [2.45, 2.75) is 26.3 Å². The summed E-state index contributed by atoms with van der Waals surface area (Å²) in [5, 5.41) is 7.09. The molecular weight excluding hydrogens is 320 g/mol. The van der Waals surface area contributed by atoms with Gasteiger partial charge in [-0.3, -0.25) is 9.59 Å². The molecule has 1 aliphatic rings. The van der Waals surface area contributed by atoms with Crippen LogP contribution in [0.25, 0.3) is 0 Å². The number of benzene rings is 1. The highest BCUT2D eigenvalue weighted by molar-refractivity contribution is 6.03. The molecule has 2 aromatic rings. The molecular formula is C18H22N4O3. The molecule has 7 heteroatoms. The van der Waals surface area contributed by atoms with Gasteiger partial charge < -0.3 is 15.0 Å². The zero-order valence-electron chi connectivity index (χ0n) is 14.6. The summed E-state index contributed by atoms with van der Waals surface area (Å²) >= 11 is 0. The summed E-state index contributed by atoms with van der Waals surface area (Å²) in [6, 6.07) is 9.16. The fraction of sp³-hybridized carbons (Fsp3) is 0.389. The predicted molar refractivity (Wildman–Crippen MR) is 94.7 cm³/mol. The quantitative estimate of drug-likeness (QED) is 0.905. The lowest BCUT2D eigenvalue weighted by atomic mass is 10.1. The molecule has 1 aromatic heterocycles. The van der Waals surface area contributed by atoms with Gasteiger partial charge in [-0.2, -0.15) is 5.10 Å². The highest BCUT2D eigenvalue weighted by atomic mass is 16.5. The lowest BCUT2D eigenvalue weighted by Gasteiger charge is -2.17. The molecule has 1 atom stereocenters. The first kappa shape index (κ1) is 17.0. The van der Waals surface area contributed by atoms with Gasteiger partial charge in [-0.05, 0) is 38.1 Å². The molecule has 0 spiro atoms. The van der Waals surface area contributed by atoms with E-state index in [0.29, 0.717) is 12.4 Å². The van der Waals surface area contributed by atoms with E-state index >= 15 is 0 Å². The van der Waals surface area contributed by atoms with Crippen molar-refractivity contribution in [3.8, 4) is 5.75 Å². The average molecular weight is 342 g/mol. The standard InChI is InChI=1S/C18H22N4O3/c1-12(2)22-16(8-9-19-22)20-18(24)13-10-17(23)21(11-13)14-4-6-15(25-3)7-5-14/h4-9,12-13H,10-11H2,1-3H3,(H,20,24). The van der Waals surface area contributed by atoms with Crippen LogP contribution in [-0.4, -0.2) is 35.2 Å². The molecule has 3 rings (SSSR count). The molecule has 0 bridgehead atoms. The minimum atomic E-state index is -0.384. The summed E-state index contributed by atoms with van der Waals surface area (Å²) in [7, 11) is 1.60. The van der Waals surface area contributed by atoms with Crippen LogP contribution in [0.3, 0.4) is 0 Å². The number of methoxy groups -OCH3 is 1. The van der Waals surface area contributed by atoms with Crippen LogP contribution in [0, 0.1) is 5.92 Å². The number of nitrogens with zero attached hydrogens (tertiary/aromatic N) is 3. The Bertz CT molecular complexity index is 767. The summed E-state index contributed by atoms with van der Waals surface area (Å²) < 4.78 is 6.88. The third-order valence-electron chi connectivity index (χ3n) is 4.29. The summed E-state index contributed by atoms with van der Waals surface area (Å²) in [5.41, 5.74) is 0.772. The summed E-state index contributed by atoms with van der Waals surface area (Å²) in [4.78, 5) is 26.5.